The Kier molecular flexibility index (Phi) is 4.41. The van der Waals surface area contributed by atoms with Gasteiger partial charge in [0.05, 0.1) is 10.6 Å². The van der Waals surface area contributed by atoms with Gasteiger partial charge in [-0.2, -0.15) is 0 Å². The second kappa shape index (κ2) is 5.87. The number of nitrogen functional groups attached to an aromatic ring is 1. The van der Waals surface area contributed by atoms with E-state index in [2.05, 4.69) is 9.71 Å². The van der Waals surface area contributed by atoms with Crippen molar-refractivity contribution in [2.24, 2.45) is 0 Å². The molecule has 8 heteroatoms. The Bertz CT molecular complexity index is 653. The molecule has 0 fully saturated rings. The Labute approximate surface area is 120 Å². The van der Waals surface area contributed by atoms with Crippen LogP contribution in [-0.2, 0) is 16.4 Å². The highest BCUT2D eigenvalue weighted by atomic mass is 35.5. The fourth-order valence-electron chi connectivity index (χ4n) is 1.45. The van der Waals surface area contributed by atoms with Gasteiger partial charge in [0.15, 0.2) is 5.13 Å². The first-order chi connectivity index (χ1) is 8.97. The lowest BCUT2D eigenvalue weighted by Crippen LogP contribution is -2.26. The molecular weight excluding hydrogens is 306 g/mol. The second-order valence-corrected chi connectivity index (χ2v) is 6.87. The number of aromatic nitrogens is 1. The summed E-state index contributed by atoms with van der Waals surface area (Å²) in [5.41, 5.74) is 6.28. The van der Waals surface area contributed by atoms with E-state index in [1.807, 2.05) is 5.38 Å². The highest BCUT2D eigenvalue weighted by Gasteiger charge is 2.13. The summed E-state index contributed by atoms with van der Waals surface area (Å²) in [5, 5.41) is 2.79. The van der Waals surface area contributed by atoms with E-state index in [4.69, 9.17) is 17.3 Å². The topological polar surface area (TPSA) is 85.1 Å². The van der Waals surface area contributed by atoms with Crippen LogP contribution in [0.4, 0.5) is 5.13 Å². The number of anilines is 1. The molecule has 0 atom stereocenters. The van der Waals surface area contributed by atoms with E-state index in [0.717, 1.165) is 5.69 Å². The first kappa shape index (κ1) is 14.3. The minimum absolute atomic E-state index is 0.190. The summed E-state index contributed by atoms with van der Waals surface area (Å²) in [6.45, 7) is 0.272. The summed E-state index contributed by atoms with van der Waals surface area (Å²) >= 11 is 7.05. The molecule has 0 spiro atoms. The second-order valence-electron chi connectivity index (χ2n) is 3.78. The molecule has 0 radical (unpaired) electrons. The van der Waals surface area contributed by atoms with E-state index in [-0.39, 0.29) is 11.4 Å². The standard InChI is InChI=1S/C11H12ClN3O2S2/c12-8-1-3-10(4-2-8)19(16,17)14-6-5-9-7-18-11(13)15-9/h1-4,7,14H,5-6H2,(H2,13,15). The van der Waals surface area contributed by atoms with Gasteiger partial charge < -0.3 is 5.73 Å². The Morgan fingerprint density at radius 2 is 2.00 bits per heavy atom. The third kappa shape index (κ3) is 3.90. The molecular formula is C11H12ClN3O2S2. The van der Waals surface area contributed by atoms with Gasteiger partial charge in [-0.1, -0.05) is 11.6 Å². The van der Waals surface area contributed by atoms with Crippen LogP contribution in [0.3, 0.4) is 0 Å². The Morgan fingerprint density at radius 3 is 2.58 bits per heavy atom. The summed E-state index contributed by atoms with van der Waals surface area (Å²) in [6.07, 6.45) is 0.501. The van der Waals surface area contributed by atoms with Crippen molar-refractivity contribution in [3.63, 3.8) is 0 Å². The molecule has 0 bridgehead atoms. The number of nitrogens with one attached hydrogen (secondary N) is 1. The summed E-state index contributed by atoms with van der Waals surface area (Å²) in [7, 11) is -3.50. The number of hydrogen-bond acceptors (Lipinski definition) is 5. The average molecular weight is 318 g/mol. The van der Waals surface area contributed by atoms with Gasteiger partial charge in [-0.05, 0) is 24.3 Å². The van der Waals surface area contributed by atoms with Crippen LogP contribution in [0.1, 0.15) is 5.69 Å². The third-order valence-electron chi connectivity index (χ3n) is 2.37. The van der Waals surface area contributed by atoms with Gasteiger partial charge in [0.1, 0.15) is 0 Å². The van der Waals surface area contributed by atoms with Crippen LogP contribution >= 0.6 is 22.9 Å². The molecule has 1 heterocycles. The molecule has 5 nitrogen and oxygen atoms in total. The molecule has 1 aromatic heterocycles. The maximum Gasteiger partial charge on any atom is 0.240 e. The highest BCUT2D eigenvalue weighted by Crippen LogP contribution is 2.14. The van der Waals surface area contributed by atoms with Crippen LogP contribution in [-0.4, -0.2) is 19.9 Å². The molecule has 0 aliphatic heterocycles. The van der Waals surface area contributed by atoms with Crippen molar-refractivity contribution in [1.29, 1.82) is 0 Å². The van der Waals surface area contributed by atoms with Gasteiger partial charge in [0.25, 0.3) is 0 Å². The smallest absolute Gasteiger partial charge is 0.240 e. The number of benzene rings is 1. The predicted octanol–water partition coefficient (Wildman–Crippen LogP) is 1.90. The van der Waals surface area contributed by atoms with Crippen molar-refractivity contribution in [2.75, 3.05) is 12.3 Å². The van der Waals surface area contributed by atoms with E-state index < -0.39 is 10.0 Å². The van der Waals surface area contributed by atoms with Gasteiger partial charge in [-0.15, -0.1) is 11.3 Å². The zero-order chi connectivity index (χ0) is 13.9. The Morgan fingerprint density at radius 1 is 1.32 bits per heavy atom. The van der Waals surface area contributed by atoms with E-state index in [1.54, 1.807) is 0 Å². The Balaban J connectivity index is 1.96. The lowest BCUT2D eigenvalue weighted by atomic mass is 10.3. The lowest BCUT2D eigenvalue weighted by Gasteiger charge is -2.05. The van der Waals surface area contributed by atoms with Crippen molar-refractivity contribution in [2.45, 2.75) is 11.3 Å². The van der Waals surface area contributed by atoms with E-state index >= 15 is 0 Å². The molecule has 0 saturated heterocycles. The summed E-state index contributed by atoms with van der Waals surface area (Å²) in [6, 6.07) is 6.01. The number of sulfonamides is 1. The molecule has 2 rings (SSSR count). The normalized spacial score (nSPS) is 11.6. The number of rotatable bonds is 5. The maximum atomic E-state index is 11.9. The van der Waals surface area contributed by atoms with Crippen LogP contribution in [0.5, 0.6) is 0 Å². The van der Waals surface area contributed by atoms with Gasteiger partial charge in [-0.3, -0.25) is 0 Å². The van der Waals surface area contributed by atoms with Gasteiger partial charge in [0, 0.05) is 23.4 Å². The molecule has 19 heavy (non-hydrogen) atoms. The zero-order valence-corrected chi connectivity index (χ0v) is 12.2. The third-order valence-corrected chi connectivity index (χ3v) is 4.82. The molecule has 0 amide bonds. The highest BCUT2D eigenvalue weighted by molar-refractivity contribution is 7.89. The molecule has 1 aromatic carbocycles. The van der Waals surface area contributed by atoms with Crippen LogP contribution < -0.4 is 10.5 Å². The average Bonchev–Trinajstić information content (AvgIpc) is 2.75. The maximum absolute atomic E-state index is 11.9. The van der Waals surface area contributed by atoms with Crippen molar-refractivity contribution in [3.8, 4) is 0 Å². The molecule has 102 valence electrons. The van der Waals surface area contributed by atoms with Crippen molar-refractivity contribution in [1.82, 2.24) is 9.71 Å². The fourth-order valence-corrected chi connectivity index (χ4v) is 3.20. The fraction of sp³-hybridized carbons (Fsp3) is 0.182. The van der Waals surface area contributed by atoms with Crippen molar-refractivity contribution in [3.05, 3.63) is 40.4 Å². The van der Waals surface area contributed by atoms with E-state index in [9.17, 15) is 8.42 Å². The van der Waals surface area contributed by atoms with Crippen LogP contribution in [0.25, 0.3) is 0 Å². The summed E-state index contributed by atoms with van der Waals surface area (Å²) in [4.78, 5) is 4.25. The van der Waals surface area contributed by atoms with E-state index in [1.165, 1.54) is 35.6 Å². The van der Waals surface area contributed by atoms with Crippen LogP contribution in [0.15, 0.2) is 34.5 Å². The summed E-state index contributed by atoms with van der Waals surface area (Å²) in [5.74, 6) is 0. The minimum Gasteiger partial charge on any atom is -0.375 e. The predicted molar refractivity (Wildman–Crippen MR) is 76.9 cm³/mol. The molecule has 0 aliphatic rings. The number of halogens is 1. The number of nitrogens with zero attached hydrogens (tertiary/aromatic N) is 1. The number of hydrogen-bond donors (Lipinski definition) is 2. The first-order valence-electron chi connectivity index (χ1n) is 5.42. The molecule has 0 saturated carbocycles. The molecule has 0 unspecified atom stereocenters. The van der Waals surface area contributed by atoms with Crippen LogP contribution in [0.2, 0.25) is 5.02 Å². The quantitative estimate of drug-likeness (QED) is 0.882. The molecule has 3 N–H and O–H groups in total. The monoisotopic (exact) mass is 317 g/mol. The SMILES string of the molecule is Nc1nc(CCNS(=O)(=O)c2ccc(Cl)cc2)cs1. The molecule has 0 aliphatic carbocycles. The number of nitrogens with two attached hydrogens (primary N) is 1. The van der Waals surface area contributed by atoms with Crippen molar-refractivity contribution >= 4 is 38.1 Å². The summed E-state index contributed by atoms with van der Waals surface area (Å²) < 4.78 is 26.4. The van der Waals surface area contributed by atoms with Gasteiger partial charge >= 0.3 is 0 Å². The molecule has 2 aromatic rings. The van der Waals surface area contributed by atoms with E-state index in [0.29, 0.717) is 16.6 Å². The first-order valence-corrected chi connectivity index (χ1v) is 8.16. The Hall–Kier alpha value is -1.15. The zero-order valence-electron chi connectivity index (χ0n) is 9.84. The van der Waals surface area contributed by atoms with Gasteiger partial charge in [0.2, 0.25) is 10.0 Å². The largest absolute Gasteiger partial charge is 0.375 e. The lowest BCUT2D eigenvalue weighted by molar-refractivity contribution is 0.581. The minimum atomic E-state index is -3.50. The van der Waals surface area contributed by atoms with Crippen molar-refractivity contribution < 1.29 is 8.42 Å². The van der Waals surface area contributed by atoms with Crippen LogP contribution in [0, 0.1) is 0 Å². The number of thiazole rings is 1. The van der Waals surface area contributed by atoms with Gasteiger partial charge in [-0.25, -0.2) is 18.1 Å².